The van der Waals surface area contributed by atoms with E-state index in [2.05, 4.69) is 45.8 Å². The standard InChI is InChI=1S/C14H11IN2OS/c1-18-11-4-2-3-10(8-11)17-13-6-5-9(15)7-12(13)16-14(17)19/h2-8H,1H3,(H,16,19). The number of rotatable bonds is 2. The Morgan fingerprint density at radius 1 is 1.21 bits per heavy atom. The van der Waals surface area contributed by atoms with Gasteiger partial charge in [-0.05, 0) is 65.1 Å². The summed E-state index contributed by atoms with van der Waals surface area (Å²) in [5.41, 5.74) is 3.11. The second-order valence-corrected chi connectivity index (χ2v) is 5.76. The van der Waals surface area contributed by atoms with Crippen LogP contribution in [0.15, 0.2) is 42.5 Å². The van der Waals surface area contributed by atoms with Gasteiger partial charge in [-0.15, -0.1) is 0 Å². The number of halogens is 1. The number of nitrogens with zero attached hydrogens (tertiary/aromatic N) is 1. The van der Waals surface area contributed by atoms with Crippen LogP contribution >= 0.6 is 34.8 Å². The summed E-state index contributed by atoms with van der Waals surface area (Å²) in [4.78, 5) is 3.24. The molecule has 3 rings (SSSR count). The third-order valence-corrected chi connectivity index (χ3v) is 3.91. The van der Waals surface area contributed by atoms with Gasteiger partial charge in [0.15, 0.2) is 4.77 Å². The van der Waals surface area contributed by atoms with Crippen molar-refractivity contribution in [1.82, 2.24) is 9.55 Å². The molecule has 0 bridgehead atoms. The van der Waals surface area contributed by atoms with Crippen molar-refractivity contribution >= 4 is 45.8 Å². The van der Waals surface area contributed by atoms with Crippen molar-refractivity contribution in [2.24, 2.45) is 0 Å². The molecule has 2 aromatic carbocycles. The summed E-state index contributed by atoms with van der Waals surface area (Å²) in [5.74, 6) is 0.819. The predicted molar refractivity (Wildman–Crippen MR) is 87.7 cm³/mol. The summed E-state index contributed by atoms with van der Waals surface area (Å²) in [6, 6.07) is 14.1. The molecule has 0 aliphatic heterocycles. The Labute approximate surface area is 129 Å². The molecule has 0 fully saturated rings. The van der Waals surface area contributed by atoms with Gasteiger partial charge in [-0.25, -0.2) is 0 Å². The van der Waals surface area contributed by atoms with Crippen LogP contribution in [0.1, 0.15) is 0 Å². The highest BCUT2D eigenvalue weighted by Crippen LogP contribution is 2.23. The lowest BCUT2D eigenvalue weighted by molar-refractivity contribution is 0.414. The van der Waals surface area contributed by atoms with E-state index in [0.29, 0.717) is 4.77 Å². The fraction of sp³-hybridized carbons (Fsp3) is 0.0714. The molecule has 3 aromatic rings. The number of ether oxygens (including phenoxy) is 1. The summed E-state index contributed by atoms with van der Waals surface area (Å²) in [6.07, 6.45) is 0. The third-order valence-electron chi connectivity index (χ3n) is 2.96. The molecule has 19 heavy (non-hydrogen) atoms. The van der Waals surface area contributed by atoms with Gasteiger partial charge >= 0.3 is 0 Å². The smallest absolute Gasteiger partial charge is 0.182 e. The molecule has 0 aliphatic carbocycles. The fourth-order valence-electron chi connectivity index (χ4n) is 2.09. The molecule has 96 valence electrons. The maximum absolute atomic E-state index is 5.42. The van der Waals surface area contributed by atoms with E-state index in [4.69, 9.17) is 17.0 Å². The van der Waals surface area contributed by atoms with Gasteiger partial charge in [0.05, 0.1) is 23.8 Å². The normalized spacial score (nSPS) is 10.8. The molecule has 0 unspecified atom stereocenters. The van der Waals surface area contributed by atoms with E-state index in [1.54, 1.807) is 7.11 Å². The molecule has 0 aliphatic rings. The second-order valence-electron chi connectivity index (χ2n) is 4.13. The number of aromatic nitrogens is 2. The highest BCUT2D eigenvalue weighted by molar-refractivity contribution is 14.1. The van der Waals surface area contributed by atoms with Crippen LogP contribution in [0.25, 0.3) is 16.7 Å². The highest BCUT2D eigenvalue weighted by atomic mass is 127. The molecule has 0 saturated carbocycles. The van der Waals surface area contributed by atoms with Crippen LogP contribution < -0.4 is 4.74 Å². The summed E-state index contributed by atoms with van der Waals surface area (Å²) in [6.45, 7) is 0. The van der Waals surface area contributed by atoms with Gasteiger partial charge < -0.3 is 9.72 Å². The topological polar surface area (TPSA) is 29.9 Å². The molecular weight excluding hydrogens is 371 g/mol. The zero-order chi connectivity index (χ0) is 13.4. The van der Waals surface area contributed by atoms with Crippen LogP contribution in [-0.2, 0) is 0 Å². The summed E-state index contributed by atoms with van der Waals surface area (Å²) < 4.78 is 9.15. The molecule has 1 N–H and O–H groups in total. The van der Waals surface area contributed by atoms with Crippen LogP contribution in [0.5, 0.6) is 5.75 Å². The van der Waals surface area contributed by atoms with Crippen molar-refractivity contribution < 1.29 is 4.74 Å². The minimum Gasteiger partial charge on any atom is -0.497 e. The molecule has 1 aromatic heterocycles. The first-order valence-electron chi connectivity index (χ1n) is 5.74. The van der Waals surface area contributed by atoms with Gasteiger partial charge in [0, 0.05) is 9.64 Å². The van der Waals surface area contributed by atoms with Crippen LogP contribution in [0.2, 0.25) is 0 Å². The average Bonchev–Trinajstić information content (AvgIpc) is 2.73. The first-order valence-corrected chi connectivity index (χ1v) is 7.22. The van der Waals surface area contributed by atoms with Gasteiger partial charge in [0.1, 0.15) is 5.75 Å². The Morgan fingerprint density at radius 2 is 2.05 bits per heavy atom. The van der Waals surface area contributed by atoms with E-state index in [1.165, 1.54) is 3.57 Å². The van der Waals surface area contributed by atoms with Gasteiger partial charge in [-0.2, -0.15) is 0 Å². The van der Waals surface area contributed by atoms with Gasteiger partial charge in [-0.1, -0.05) is 6.07 Å². The number of hydrogen-bond acceptors (Lipinski definition) is 2. The Kier molecular flexibility index (Phi) is 3.32. The molecule has 0 saturated heterocycles. The largest absolute Gasteiger partial charge is 0.497 e. The van der Waals surface area contributed by atoms with Crippen LogP contribution in [0.4, 0.5) is 0 Å². The summed E-state index contributed by atoms with van der Waals surface area (Å²) in [5, 5.41) is 0. The van der Waals surface area contributed by atoms with Gasteiger partial charge in [0.25, 0.3) is 0 Å². The number of hydrogen-bond donors (Lipinski definition) is 1. The number of aromatic amines is 1. The van der Waals surface area contributed by atoms with Crippen molar-refractivity contribution in [2.75, 3.05) is 7.11 Å². The zero-order valence-corrected chi connectivity index (χ0v) is 13.2. The lowest BCUT2D eigenvalue weighted by Crippen LogP contribution is -1.94. The minimum atomic E-state index is 0.685. The lowest BCUT2D eigenvalue weighted by atomic mass is 10.2. The lowest BCUT2D eigenvalue weighted by Gasteiger charge is -2.06. The number of methoxy groups -OCH3 is 1. The molecule has 0 atom stereocenters. The van der Waals surface area contributed by atoms with E-state index >= 15 is 0 Å². The zero-order valence-electron chi connectivity index (χ0n) is 10.2. The highest BCUT2D eigenvalue weighted by Gasteiger charge is 2.07. The van der Waals surface area contributed by atoms with Crippen LogP contribution in [0.3, 0.4) is 0 Å². The number of imidazole rings is 1. The van der Waals surface area contributed by atoms with Gasteiger partial charge in [-0.3, -0.25) is 4.57 Å². The van der Waals surface area contributed by atoms with Crippen molar-refractivity contribution in [3.8, 4) is 11.4 Å². The van der Waals surface area contributed by atoms with Crippen molar-refractivity contribution in [3.05, 3.63) is 50.8 Å². The molecule has 0 amide bonds. The quantitative estimate of drug-likeness (QED) is 0.529. The van der Waals surface area contributed by atoms with Gasteiger partial charge in [0.2, 0.25) is 0 Å². The van der Waals surface area contributed by atoms with Crippen molar-refractivity contribution in [1.29, 1.82) is 0 Å². The Balaban J connectivity index is 2.29. The maximum atomic E-state index is 5.42. The Morgan fingerprint density at radius 3 is 2.84 bits per heavy atom. The second kappa shape index (κ2) is 4.97. The Bertz CT molecular complexity index is 807. The van der Waals surface area contributed by atoms with E-state index in [0.717, 1.165) is 22.5 Å². The molecular formula is C14H11IN2OS. The summed E-state index contributed by atoms with van der Waals surface area (Å²) >= 11 is 7.71. The number of nitrogens with one attached hydrogen (secondary N) is 1. The molecule has 3 nitrogen and oxygen atoms in total. The number of fused-ring (bicyclic) bond motifs is 1. The number of H-pyrrole nitrogens is 1. The molecule has 1 heterocycles. The van der Waals surface area contributed by atoms with E-state index < -0.39 is 0 Å². The molecule has 0 radical (unpaired) electrons. The predicted octanol–water partition coefficient (Wildman–Crippen LogP) is 4.30. The van der Waals surface area contributed by atoms with E-state index in [9.17, 15) is 0 Å². The first-order chi connectivity index (χ1) is 9.19. The van der Waals surface area contributed by atoms with Crippen molar-refractivity contribution in [3.63, 3.8) is 0 Å². The van der Waals surface area contributed by atoms with Crippen LogP contribution in [0, 0.1) is 8.34 Å². The summed E-state index contributed by atoms with van der Waals surface area (Å²) in [7, 11) is 1.66. The molecule has 5 heteroatoms. The SMILES string of the molecule is COc1cccc(-n2c(=S)[nH]c3cc(I)ccc32)c1. The maximum Gasteiger partial charge on any atom is 0.182 e. The number of benzene rings is 2. The fourth-order valence-corrected chi connectivity index (χ4v) is 2.89. The minimum absolute atomic E-state index is 0.685. The first kappa shape index (κ1) is 12.7. The van der Waals surface area contributed by atoms with E-state index in [1.807, 2.05) is 28.8 Å². The monoisotopic (exact) mass is 382 g/mol. The average molecular weight is 382 g/mol. The molecule has 0 spiro atoms. The van der Waals surface area contributed by atoms with Crippen LogP contribution in [-0.4, -0.2) is 16.7 Å². The Hall–Kier alpha value is -1.34. The third kappa shape index (κ3) is 2.28. The van der Waals surface area contributed by atoms with E-state index in [-0.39, 0.29) is 0 Å². The van der Waals surface area contributed by atoms with Crippen molar-refractivity contribution in [2.45, 2.75) is 0 Å².